The van der Waals surface area contributed by atoms with Crippen LogP contribution in [-0.4, -0.2) is 10.5 Å². The fourth-order valence-electron chi connectivity index (χ4n) is 2.97. The summed E-state index contributed by atoms with van der Waals surface area (Å²) in [4.78, 5) is 3.64. The molecule has 3 rings (SSSR count). The van der Waals surface area contributed by atoms with Gasteiger partial charge >= 0.3 is 0 Å². The first-order valence-electron chi connectivity index (χ1n) is 6.53. The van der Waals surface area contributed by atoms with Gasteiger partial charge in [0, 0.05) is 22.3 Å². The molecule has 0 aromatic carbocycles. The van der Waals surface area contributed by atoms with Gasteiger partial charge in [-0.05, 0) is 50.2 Å². The van der Waals surface area contributed by atoms with E-state index < -0.39 is 0 Å². The fourth-order valence-corrected chi connectivity index (χ4v) is 2.97. The van der Waals surface area contributed by atoms with Crippen LogP contribution < -0.4 is 5.73 Å². The Balaban J connectivity index is 1.97. The molecular formula is C14H22N2. The van der Waals surface area contributed by atoms with Gasteiger partial charge in [0.1, 0.15) is 0 Å². The molecule has 0 saturated heterocycles. The first-order chi connectivity index (χ1) is 7.53. The highest BCUT2D eigenvalue weighted by atomic mass is 14.9. The van der Waals surface area contributed by atoms with Crippen LogP contribution in [0.1, 0.15) is 56.5 Å². The quantitative estimate of drug-likeness (QED) is 0.787. The topological polar surface area (TPSA) is 41.8 Å². The van der Waals surface area contributed by atoms with Crippen molar-refractivity contribution in [1.82, 2.24) is 4.98 Å². The van der Waals surface area contributed by atoms with Gasteiger partial charge in [0.2, 0.25) is 0 Å². The predicted octanol–water partition coefficient (Wildman–Crippen LogP) is 2.66. The summed E-state index contributed by atoms with van der Waals surface area (Å²) in [5.74, 6) is 0. The van der Waals surface area contributed by atoms with E-state index in [1.54, 1.807) is 5.56 Å². The molecular weight excluding hydrogens is 196 g/mol. The van der Waals surface area contributed by atoms with Crippen LogP contribution in [0, 0.1) is 0 Å². The first-order valence-corrected chi connectivity index (χ1v) is 6.53. The Kier molecular flexibility index (Phi) is 2.03. The second-order valence-electron chi connectivity index (χ2n) is 6.18. The Morgan fingerprint density at radius 3 is 2.56 bits per heavy atom. The molecule has 1 saturated carbocycles. The number of H-pyrrole nitrogens is 1. The van der Waals surface area contributed by atoms with E-state index in [2.05, 4.69) is 24.9 Å². The average molecular weight is 218 g/mol. The molecule has 2 aliphatic carbocycles. The van der Waals surface area contributed by atoms with E-state index in [4.69, 9.17) is 5.73 Å². The van der Waals surface area contributed by atoms with Crippen LogP contribution in [0.4, 0.5) is 0 Å². The highest BCUT2D eigenvalue weighted by Crippen LogP contribution is 2.49. The molecule has 1 aromatic rings. The van der Waals surface area contributed by atoms with Crippen LogP contribution in [-0.2, 0) is 18.3 Å². The Bertz CT molecular complexity index is 387. The van der Waals surface area contributed by atoms with Crippen LogP contribution in [0.3, 0.4) is 0 Å². The Hall–Kier alpha value is -0.760. The monoisotopic (exact) mass is 218 g/mol. The molecule has 2 heteroatoms. The second kappa shape index (κ2) is 3.13. The van der Waals surface area contributed by atoms with Crippen molar-refractivity contribution in [3.05, 3.63) is 23.0 Å². The third-order valence-electron chi connectivity index (χ3n) is 4.82. The highest BCUT2D eigenvalue weighted by Gasteiger charge is 2.52. The molecule has 1 fully saturated rings. The van der Waals surface area contributed by atoms with Crippen LogP contribution in [0.25, 0.3) is 0 Å². The van der Waals surface area contributed by atoms with Crippen molar-refractivity contribution in [2.45, 2.75) is 63.3 Å². The maximum absolute atomic E-state index is 6.39. The van der Waals surface area contributed by atoms with Crippen LogP contribution in [0.15, 0.2) is 6.07 Å². The molecule has 1 aromatic heterocycles. The van der Waals surface area contributed by atoms with Crippen molar-refractivity contribution in [1.29, 1.82) is 0 Å². The van der Waals surface area contributed by atoms with E-state index in [0.717, 1.165) is 0 Å². The number of rotatable bonds is 2. The first kappa shape index (κ1) is 10.4. The minimum Gasteiger partial charge on any atom is -0.362 e. The third kappa shape index (κ3) is 1.36. The van der Waals surface area contributed by atoms with Gasteiger partial charge in [0.15, 0.2) is 0 Å². The summed E-state index contributed by atoms with van der Waals surface area (Å²) in [6, 6.07) is 2.38. The normalized spacial score (nSPS) is 22.9. The van der Waals surface area contributed by atoms with Crippen molar-refractivity contribution in [3.8, 4) is 0 Å². The lowest BCUT2D eigenvalue weighted by atomic mass is 9.79. The van der Waals surface area contributed by atoms with Gasteiger partial charge in [-0.2, -0.15) is 0 Å². The summed E-state index contributed by atoms with van der Waals surface area (Å²) in [5.41, 5.74) is 10.9. The third-order valence-corrected chi connectivity index (χ3v) is 4.82. The summed E-state index contributed by atoms with van der Waals surface area (Å²) >= 11 is 0. The van der Waals surface area contributed by atoms with E-state index in [1.807, 2.05) is 0 Å². The number of fused-ring (bicyclic) bond motifs is 1. The van der Waals surface area contributed by atoms with Crippen molar-refractivity contribution >= 4 is 0 Å². The summed E-state index contributed by atoms with van der Waals surface area (Å²) in [6.07, 6.45) is 7.50. The molecule has 2 aliphatic rings. The maximum atomic E-state index is 6.39. The van der Waals surface area contributed by atoms with E-state index in [-0.39, 0.29) is 11.0 Å². The van der Waals surface area contributed by atoms with Gasteiger partial charge < -0.3 is 10.7 Å². The number of aromatic amines is 1. The molecule has 1 heterocycles. The fraction of sp³-hybridized carbons (Fsp3) is 0.714. The molecule has 0 spiro atoms. The lowest BCUT2D eigenvalue weighted by Gasteiger charge is -2.31. The molecule has 88 valence electrons. The van der Waals surface area contributed by atoms with Gasteiger partial charge in [0.25, 0.3) is 0 Å². The average Bonchev–Trinajstić information content (AvgIpc) is 2.87. The SMILES string of the molecule is CC(C)(c1cc2c([nH]1)CCCC2)C1(N)CC1. The van der Waals surface area contributed by atoms with E-state index in [1.165, 1.54) is 49.9 Å². The standard InChI is InChI=1S/C14H22N2/c1-13(2,14(15)7-8-14)12-9-10-5-3-4-6-11(10)16-12/h9,16H,3-8,15H2,1-2H3. The van der Waals surface area contributed by atoms with Gasteiger partial charge in [-0.3, -0.25) is 0 Å². The molecule has 2 nitrogen and oxygen atoms in total. The van der Waals surface area contributed by atoms with Gasteiger partial charge in [-0.25, -0.2) is 0 Å². The number of nitrogens with two attached hydrogens (primary N) is 1. The molecule has 0 unspecified atom stereocenters. The highest BCUT2D eigenvalue weighted by molar-refractivity contribution is 5.36. The lowest BCUT2D eigenvalue weighted by molar-refractivity contribution is 0.382. The van der Waals surface area contributed by atoms with Crippen LogP contribution in [0.5, 0.6) is 0 Å². The molecule has 0 radical (unpaired) electrons. The minimum atomic E-state index is 0.0421. The summed E-state index contributed by atoms with van der Waals surface area (Å²) in [7, 11) is 0. The Morgan fingerprint density at radius 1 is 1.25 bits per heavy atom. The number of aromatic nitrogens is 1. The van der Waals surface area contributed by atoms with E-state index in [0.29, 0.717) is 0 Å². The Morgan fingerprint density at radius 2 is 1.94 bits per heavy atom. The maximum Gasteiger partial charge on any atom is 0.0262 e. The van der Waals surface area contributed by atoms with Gasteiger partial charge in [-0.15, -0.1) is 0 Å². The van der Waals surface area contributed by atoms with Crippen molar-refractivity contribution in [2.75, 3.05) is 0 Å². The number of nitrogens with one attached hydrogen (secondary N) is 1. The molecule has 0 bridgehead atoms. The summed E-state index contributed by atoms with van der Waals surface area (Å²) in [5, 5.41) is 0. The smallest absolute Gasteiger partial charge is 0.0262 e. The van der Waals surface area contributed by atoms with Crippen molar-refractivity contribution in [2.24, 2.45) is 5.73 Å². The molecule has 16 heavy (non-hydrogen) atoms. The lowest BCUT2D eigenvalue weighted by Crippen LogP contribution is -2.43. The molecule has 0 aliphatic heterocycles. The van der Waals surface area contributed by atoms with E-state index in [9.17, 15) is 0 Å². The zero-order valence-corrected chi connectivity index (χ0v) is 10.4. The van der Waals surface area contributed by atoms with E-state index >= 15 is 0 Å². The molecule has 3 N–H and O–H groups in total. The minimum absolute atomic E-state index is 0.0421. The summed E-state index contributed by atoms with van der Waals surface area (Å²) < 4.78 is 0. The second-order valence-corrected chi connectivity index (χ2v) is 6.18. The van der Waals surface area contributed by atoms with Crippen LogP contribution >= 0.6 is 0 Å². The number of hydrogen-bond acceptors (Lipinski definition) is 1. The molecule has 0 atom stereocenters. The zero-order chi connectivity index (χ0) is 11.4. The van der Waals surface area contributed by atoms with Crippen molar-refractivity contribution in [3.63, 3.8) is 0 Å². The van der Waals surface area contributed by atoms with Crippen LogP contribution in [0.2, 0.25) is 0 Å². The Labute approximate surface area is 97.6 Å². The van der Waals surface area contributed by atoms with Crippen molar-refractivity contribution < 1.29 is 0 Å². The summed E-state index contributed by atoms with van der Waals surface area (Å²) in [6.45, 7) is 4.58. The molecule has 0 amide bonds. The van der Waals surface area contributed by atoms with Gasteiger partial charge in [-0.1, -0.05) is 13.8 Å². The predicted molar refractivity (Wildman–Crippen MR) is 66.6 cm³/mol. The number of hydrogen-bond donors (Lipinski definition) is 2. The number of aryl methyl sites for hydroxylation is 2. The zero-order valence-electron chi connectivity index (χ0n) is 10.4. The largest absolute Gasteiger partial charge is 0.362 e. The van der Waals surface area contributed by atoms with Gasteiger partial charge in [0.05, 0.1) is 0 Å².